The Labute approximate surface area is 189 Å². The summed E-state index contributed by atoms with van der Waals surface area (Å²) in [7, 11) is 0. The fraction of sp³-hybridized carbons (Fsp3) is 0.250. The Balaban J connectivity index is 1.64. The zero-order valence-electron chi connectivity index (χ0n) is 18.1. The summed E-state index contributed by atoms with van der Waals surface area (Å²) in [5.74, 6) is 0.281. The van der Waals surface area contributed by atoms with Crippen LogP contribution in [0.25, 0.3) is 33.2 Å². The van der Waals surface area contributed by atoms with Gasteiger partial charge in [-0.2, -0.15) is 0 Å². The number of nitrogens with zero attached hydrogens (tertiary/aromatic N) is 5. The number of pyridine rings is 4. The number of piperidine rings is 1. The lowest BCUT2D eigenvalue weighted by Gasteiger charge is -2.31. The van der Waals surface area contributed by atoms with E-state index in [-0.39, 0.29) is 17.5 Å². The molecule has 0 radical (unpaired) electrons. The number of amides is 2. The largest absolute Gasteiger partial charge is 0.345 e. The van der Waals surface area contributed by atoms with Gasteiger partial charge in [-0.15, -0.1) is 0 Å². The third-order valence-corrected chi connectivity index (χ3v) is 5.97. The van der Waals surface area contributed by atoms with Gasteiger partial charge in [-0.3, -0.25) is 19.4 Å². The minimum absolute atomic E-state index is 0.0212. The van der Waals surface area contributed by atoms with E-state index in [1.807, 2.05) is 22.8 Å². The molecule has 1 saturated heterocycles. The highest BCUT2D eigenvalue weighted by atomic mass is 16.1. The molecule has 0 aromatic carbocycles. The second-order valence-electron chi connectivity index (χ2n) is 8.15. The molecular weight excluding hydrogens is 420 g/mol. The molecular formula is C24H22N6O3. The van der Waals surface area contributed by atoms with Crippen molar-refractivity contribution < 1.29 is 9.59 Å². The first kappa shape index (κ1) is 20.7. The monoisotopic (exact) mass is 442 g/mol. The molecule has 5 rings (SSSR count). The van der Waals surface area contributed by atoms with Crippen LogP contribution >= 0.6 is 0 Å². The van der Waals surface area contributed by atoms with E-state index in [0.29, 0.717) is 48.5 Å². The zero-order chi connectivity index (χ0) is 22.9. The summed E-state index contributed by atoms with van der Waals surface area (Å²) in [5, 5.41) is 3.49. The third kappa shape index (κ3) is 3.93. The lowest BCUT2D eigenvalue weighted by Crippen LogP contribution is -2.36. The van der Waals surface area contributed by atoms with Crippen molar-refractivity contribution in [2.75, 3.05) is 18.4 Å². The normalized spacial score (nSPS) is 14.5. The number of likely N-dealkylation sites (tertiary alicyclic amines) is 1. The number of anilines is 1. The van der Waals surface area contributed by atoms with Gasteiger partial charge >= 0.3 is 0 Å². The van der Waals surface area contributed by atoms with Gasteiger partial charge in [0.2, 0.25) is 12.3 Å². The smallest absolute Gasteiger partial charge is 0.251 e. The number of carbonyl (C=O) groups excluding carboxylic acids is 2. The van der Waals surface area contributed by atoms with Crippen LogP contribution in [0.15, 0.2) is 53.6 Å². The minimum atomic E-state index is -0.187. The lowest BCUT2D eigenvalue weighted by molar-refractivity contribution is -0.119. The Kier molecular flexibility index (Phi) is 5.29. The Hall–Kier alpha value is -4.14. The molecule has 1 aliphatic rings. The molecule has 0 atom stereocenters. The van der Waals surface area contributed by atoms with Crippen molar-refractivity contribution in [1.29, 1.82) is 0 Å². The second-order valence-corrected chi connectivity index (χ2v) is 8.15. The van der Waals surface area contributed by atoms with Gasteiger partial charge in [0.15, 0.2) is 0 Å². The van der Waals surface area contributed by atoms with Crippen LogP contribution in [0.2, 0.25) is 0 Å². The average Bonchev–Trinajstić information content (AvgIpc) is 2.84. The number of rotatable bonds is 4. The van der Waals surface area contributed by atoms with Crippen LogP contribution in [0.4, 0.5) is 5.82 Å². The molecule has 4 aromatic heterocycles. The fourth-order valence-electron chi connectivity index (χ4n) is 4.37. The first-order valence-corrected chi connectivity index (χ1v) is 10.8. The molecule has 0 saturated carbocycles. The molecule has 1 aliphatic heterocycles. The first-order valence-electron chi connectivity index (χ1n) is 10.8. The van der Waals surface area contributed by atoms with Crippen LogP contribution in [0, 0.1) is 0 Å². The molecule has 9 nitrogen and oxygen atoms in total. The number of nitrogens with one attached hydrogen (secondary N) is 1. The number of hydrogen-bond donors (Lipinski definition) is 1. The summed E-state index contributed by atoms with van der Waals surface area (Å²) in [6.45, 7) is 2.66. The number of aromatic nitrogens is 4. The van der Waals surface area contributed by atoms with Crippen LogP contribution in [-0.4, -0.2) is 49.8 Å². The molecule has 0 bridgehead atoms. The average molecular weight is 442 g/mol. The van der Waals surface area contributed by atoms with Crippen molar-refractivity contribution in [1.82, 2.24) is 24.4 Å². The Bertz CT molecular complexity index is 1420. The van der Waals surface area contributed by atoms with E-state index in [4.69, 9.17) is 4.98 Å². The molecule has 0 unspecified atom stereocenters. The highest BCUT2D eigenvalue weighted by Gasteiger charge is 2.23. The minimum Gasteiger partial charge on any atom is -0.345 e. The molecule has 0 spiro atoms. The molecule has 1 fully saturated rings. The van der Waals surface area contributed by atoms with Gasteiger partial charge in [-0.25, -0.2) is 9.97 Å². The van der Waals surface area contributed by atoms with Gasteiger partial charge in [-0.05, 0) is 43.2 Å². The number of hydrogen-bond acceptors (Lipinski definition) is 6. The lowest BCUT2D eigenvalue weighted by atomic mass is 10.0. The molecule has 9 heteroatoms. The van der Waals surface area contributed by atoms with Crippen LogP contribution in [0.1, 0.15) is 25.8 Å². The molecule has 5 heterocycles. The second kappa shape index (κ2) is 8.42. The van der Waals surface area contributed by atoms with E-state index in [2.05, 4.69) is 15.3 Å². The van der Waals surface area contributed by atoms with Crippen LogP contribution in [-0.2, 0) is 9.59 Å². The predicted molar refractivity (Wildman–Crippen MR) is 125 cm³/mol. The van der Waals surface area contributed by atoms with Crippen molar-refractivity contribution in [3.63, 3.8) is 0 Å². The van der Waals surface area contributed by atoms with Crippen molar-refractivity contribution in [2.45, 2.75) is 25.8 Å². The highest BCUT2D eigenvalue weighted by Crippen LogP contribution is 2.29. The number of carbonyl (C=O) groups is 2. The van der Waals surface area contributed by atoms with E-state index in [9.17, 15) is 14.4 Å². The fourth-order valence-corrected chi connectivity index (χ4v) is 4.37. The molecule has 0 aliphatic carbocycles. The van der Waals surface area contributed by atoms with Gasteiger partial charge in [0.1, 0.15) is 11.3 Å². The van der Waals surface area contributed by atoms with Crippen molar-refractivity contribution in [2.24, 2.45) is 0 Å². The summed E-state index contributed by atoms with van der Waals surface area (Å²) in [4.78, 5) is 50.8. The molecule has 4 aromatic rings. The summed E-state index contributed by atoms with van der Waals surface area (Å²) in [5.41, 5.74) is 3.48. The van der Waals surface area contributed by atoms with Crippen molar-refractivity contribution in [3.8, 4) is 11.3 Å². The van der Waals surface area contributed by atoms with Gasteiger partial charge in [-0.1, -0.05) is 0 Å². The Morgan fingerprint density at radius 1 is 1.06 bits per heavy atom. The van der Waals surface area contributed by atoms with E-state index in [1.54, 1.807) is 35.5 Å². The Morgan fingerprint density at radius 2 is 1.88 bits per heavy atom. The topological polar surface area (TPSA) is 110 Å². The maximum Gasteiger partial charge on any atom is 0.251 e. The summed E-state index contributed by atoms with van der Waals surface area (Å²) < 4.78 is 1.82. The van der Waals surface area contributed by atoms with E-state index in [0.717, 1.165) is 22.9 Å². The third-order valence-electron chi connectivity index (χ3n) is 5.97. The van der Waals surface area contributed by atoms with Crippen molar-refractivity contribution in [3.05, 3.63) is 59.1 Å². The van der Waals surface area contributed by atoms with E-state index < -0.39 is 0 Å². The first-order chi connectivity index (χ1) is 16.0. The highest BCUT2D eigenvalue weighted by molar-refractivity contribution is 6.01. The predicted octanol–water partition coefficient (Wildman–Crippen LogP) is 2.76. The van der Waals surface area contributed by atoms with Gasteiger partial charge in [0.25, 0.3) is 5.56 Å². The molecule has 2 amide bonds. The van der Waals surface area contributed by atoms with Crippen molar-refractivity contribution >= 4 is 40.1 Å². The quantitative estimate of drug-likeness (QED) is 0.384. The van der Waals surface area contributed by atoms with Crippen LogP contribution < -0.4 is 10.9 Å². The molecule has 1 N–H and O–H groups in total. The molecule has 33 heavy (non-hydrogen) atoms. The van der Waals surface area contributed by atoms with E-state index in [1.165, 1.54) is 6.92 Å². The van der Waals surface area contributed by atoms with Crippen LogP contribution in [0.5, 0.6) is 0 Å². The summed E-state index contributed by atoms with van der Waals surface area (Å²) >= 11 is 0. The SMILES string of the molecule is CC(=O)Nc1ccc(-c2ccc3ncc4ccc(=O)n(C5CCN(C=O)CC5)c4c3n2)cn1. The standard InChI is InChI=1S/C24H22N6O3/c1-15(32)27-21-6-2-16(12-26-21)19-4-5-20-23(28-19)24-17(13-25-20)3-7-22(33)30(24)18-8-10-29(14-31)11-9-18/h2-7,12-14,18H,8-11H2,1H3,(H,26,27,32). The zero-order valence-corrected chi connectivity index (χ0v) is 18.1. The van der Waals surface area contributed by atoms with Crippen LogP contribution in [0.3, 0.4) is 0 Å². The summed E-state index contributed by atoms with van der Waals surface area (Å²) in [6.07, 6.45) is 5.69. The van der Waals surface area contributed by atoms with E-state index >= 15 is 0 Å². The van der Waals surface area contributed by atoms with Gasteiger partial charge in [0.05, 0.1) is 16.7 Å². The summed E-state index contributed by atoms with van der Waals surface area (Å²) in [6, 6.07) is 10.6. The number of fused-ring (bicyclic) bond motifs is 3. The van der Waals surface area contributed by atoms with Gasteiger partial charge < -0.3 is 14.8 Å². The Morgan fingerprint density at radius 3 is 2.58 bits per heavy atom. The maximum atomic E-state index is 13.0. The molecule has 166 valence electrons. The van der Waals surface area contributed by atoms with Gasteiger partial charge in [0, 0.05) is 55.5 Å². The maximum absolute atomic E-state index is 13.0.